The first kappa shape index (κ1) is 22.3. The molecule has 1 unspecified atom stereocenters. The highest BCUT2D eigenvalue weighted by Gasteiger charge is 2.14. The molecule has 138 valence electrons. The summed E-state index contributed by atoms with van der Waals surface area (Å²) in [6.45, 7) is 3.81. The van der Waals surface area contributed by atoms with Crippen LogP contribution in [-0.2, 0) is 24.1 Å². The predicted molar refractivity (Wildman–Crippen MR) is 89.5 cm³/mol. The molecule has 0 saturated heterocycles. The molecule has 0 aliphatic carbocycles. The Morgan fingerprint density at radius 3 is 2.13 bits per heavy atom. The van der Waals surface area contributed by atoms with Crippen molar-refractivity contribution in [2.24, 2.45) is 5.92 Å². The van der Waals surface area contributed by atoms with E-state index in [1.54, 1.807) is 0 Å². The highest BCUT2D eigenvalue weighted by molar-refractivity contribution is 7.80. The zero-order valence-corrected chi connectivity index (χ0v) is 15.3. The summed E-state index contributed by atoms with van der Waals surface area (Å²) in [6, 6.07) is 0. The molecule has 0 fully saturated rings. The van der Waals surface area contributed by atoms with Crippen LogP contribution in [0.3, 0.4) is 0 Å². The fourth-order valence-corrected chi connectivity index (χ4v) is 2.64. The van der Waals surface area contributed by atoms with E-state index in [-0.39, 0.29) is 6.61 Å². The number of carbonyl (C=O) groups is 1. The average molecular weight is 352 g/mol. The molecule has 0 aliphatic heterocycles. The predicted octanol–water partition coefficient (Wildman–Crippen LogP) is 3.91. The fraction of sp³-hybridized carbons (Fsp3) is 0.938. The molecule has 0 heterocycles. The van der Waals surface area contributed by atoms with E-state index in [0.717, 1.165) is 32.1 Å². The van der Waals surface area contributed by atoms with Crippen molar-refractivity contribution in [3.8, 4) is 0 Å². The van der Waals surface area contributed by atoms with E-state index < -0.39 is 23.0 Å². The van der Waals surface area contributed by atoms with Crippen LogP contribution >= 0.6 is 0 Å². The van der Waals surface area contributed by atoms with Crippen LogP contribution in [0.2, 0.25) is 0 Å². The second-order valence-electron chi connectivity index (χ2n) is 5.94. The van der Waals surface area contributed by atoms with E-state index in [4.69, 9.17) is 9.29 Å². The molecular formula is C16H32O6S. The average Bonchev–Trinajstić information content (AvgIpc) is 2.49. The van der Waals surface area contributed by atoms with Crippen LogP contribution in [0, 0.1) is 5.92 Å². The molecule has 1 N–H and O–H groups in total. The lowest BCUT2D eigenvalue weighted by Gasteiger charge is -2.16. The van der Waals surface area contributed by atoms with Gasteiger partial charge in [-0.3, -0.25) is 4.55 Å². The smallest absolute Gasteiger partial charge is 0.397 e. The minimum atomic E-state index is -4.60. The summed E-state index contributed by atoms with van der Waals surface area (Å²) in [5.41, 5.74) is 0. The Labute approximate surface area is 140 Å². The van der Waals surface area contributed by atoms with Gasteiger partial charge in [0.25, 0.3) is 0 Å². The topological polar surface area (TPSA) is 89.9 Å². The number of hydrogen-bond acceptors (Lipinski definition) is 5. The van der Waals surface area contributed by atoms with E-state index in [9.17, 15) is 13.2 Å². The third kappa shape index (κ3) is 16.0. The second-order valence-corrected chi connectivity index (χ2v) is 7.03. The summed E-state index contributed by atoms with van der Waals surface area (Å²) >= 11 is 0. The highest BCUT2D eigenvalue weighted by Crippen LogP contribution is 2.18. The van der Waals surface area contributed by atoms with Crippen molar-refractivity contribution in [3.63, 3.8) is 0 Å². The number of unbranched alkanes of at least 4 members (excludes halogenated alkanes) is 6. The van der Waals surface area contributed by atoms with Crippen molar-refractivity contribution in [2.45, 2.75) is 78.1 Å². The Bertz CT molecular complexity index is 393. The minimum Gasteiger partial charge on any atom is -0.464 e. The van der Waals surface area contributed by atoms with E-state index >= 15 is 0 Å². The molecule has 0 saturated carbocycles. The second kappa shape index (κ2) is 13.7. The van der Waals surface area contributed by atoms with Gasteiger partial charge < -0.3 is 4.74 Å². The molecule has 0 bridgehead atoms. The Balaban J connectivity index is 3.96. The zero-order valence-electron chi connectivity index (χ0n) is 14.5. The fourth-order valence-electron chi connectivity index (χ4n) is 2.39. The van der Waals surface area contributed by atoms with Gasteiger partial charge in [0.05, 0.1) is 6.61 Å². The highest BCUT2D eigenvalue weighted by atomic mass is 32.3. The SMILES string of the molecule is CCCCCCCCC(CCCC)COC(=O)COS(=O)(=O)O. The van der Waals surface area contributed by atoms with Crippen molar-refractivity contribution in [1.82, 2.24) is 0 Å². The van der Waals surface area contributed by atoms with Gasteiger partial charge in [0, 0.05) is 0 Å². The van der Waals surface area contributed by atoms with Crippen molar-refractivity contribution >= 4 is 16.4 Å². The third-order valence-corrected chi connectivity index (χ3v) is 4.15. The maximum absolute atomic E-state index is 11.4. The molecule has 6 nitrogen and oxygen atoms in total. The maximum Gasteiger partial charge on any atom is 0.397 e. The first-order valence-electron chi connectivity index (χ1n) is 8.66. The van der Waals surface area contributed by atoms with Gasteiger partial charge in [-0.1, -0.05) is 65.2 Å². The monoisotopic (exact) mass is 352 g/mol. The molecule has 0 radical (unpaired) electrons. The molecular weight excluding hydrogens is 320 g/mol. The number of rotatable bonds is 15. The Hall–Kier alpha value is -0.660. The van der Waals surface area contributed by atoms with E-state index in [2.05, 4.69) is 18.0 Å². The molecule has 0 aromatic carbocycles. The molecule has 0 aromatic heterocycles. The molecule has 7 heteroatoms. The summed E-state index contributed by atoms with van der Waals surface area (Å²) < 4.78 is 38.2. The van der Waals surface area contributed by atoms with Crippen LogP contribution in [0.25, 0.3) is 0 Å². The number of ether oxygens (including phenoxy) is 1. The summed E-state index contributed by atoms with van der Waals surface area (Å²) in [7, 11) is -4.60. The Kier molecular flexibility index (Phi) is 13.4. The van der Waals surface area contributed by atoms with Gasteiger partial charge in [0.2, 0.25) is 0 Å². The third-order valence-electron chi connectivity index (χ3n) is 3.74. The molecule has 0 aromatic rings. The largest absolute Gasteiger partial charge is 0.464 e. The van der Waals surface area contributed by atoms with Gasteiger partial charge in [0.15, 0.2) is 6.61 Å². The quantitative estimate of drug-likeness (QED) is 0.273. The maximum atomic E-state index is 11.4. The minimum absolute atomic E-state index is 0.280. The number of esters is 1. The van der Waals surface area contributed by atoms with Crippen LogP contribution in [0.4, 0.5) is 0 Å². The lowest BCUT2D eigenvalue weighted by atomic mass is 9.96. The van der Waals surface area contributed by atoms with Crippen molar-refractivity contribution < 1.29 is 26.7 Å². The Morgan fingerprint density at radius 1 is 0.957 bits per heavy atom. The van der Waals surface area contributed by atoms with E-state index in [1.807, 2.05) is 0 Å². The van der Waals surface area contributed by atoms with Gasteiger partial charge in [0.1, 0.15) is 0 Å². The van der Waals surface area contributed by atoms with Crippen molar-refractivity contribution in [1.29, 1.82) is 0 Å². The standard InChI is InChI=1S/C16H32O6S/c1-3-5-7-8-9-10-12-15(11-6-4-2)13-21-16(17)14-22-23(18,19)20/h15H,3-14H2,1-2H3,(H,18,19,20). The van der Waals surface area contributed by atoms with Crippen molar-refractivity contribution in [3.05, 3.63) is 0 Å². The zero-order chi connectivity index (χ0) is 17.6. The van der Waals surface area contributed by atoms with Crippen LogP contribution in [0.15, 0.2) is 0 Å². The summed E-state index contributed by atoms with van der Waals surface area (Å²) in [5.74, 6) is -0.470. The van der Waals surface area contributed by atoms with Gasteiger partial charge in [-0.05, 0) is 18.8 Å². The molecule has 0 aliphatic rings. The summed E-state index contributed by atoms with van der Waals surface area (Å²) in [5, 5.41) is 0. The number of carbonyl (C=O) groups excluding carboxylic acids is 1. The van der Waals surface area contributed by atoms with Crippen LogP contribution in [0.5, 0.6) is 0 Å². The molecule has 23 heavy (non-hydrogen) atoms. The summed E-state index contributed by atoms with van der Waals surface area (Å²) in [4.78, 5) is 11.4. The molecule has 0 amide bonds. The van der Waals surface area contributed by atoms with E-state index in [1.165, 1.54) is 32.1 Å². The van der Waals surface area contributed by atoms with Crippen LogP contribution in [-0.4, -0.2) is 32.2 Å². The normalized spacial score (nSPS) is 13.0. The molecule has 1 atom stereocenters. The lowest BCUT2D eigenvalue weighted by molar-refractivity contribution is -0.147. The van der Waals surface area contributed by atoms with Gasteiger partial charge in [-0.25, -0.2) is 8.98 Å². The van der Waals surface area contributed by atoms with Crippen LogP contribution < -0.4 is 0 Å². The molecule has 0 spiro atoms. The first-order valence-corrected chi connectivity index (χ1v) is 10.0. The van der Waals surface area contributed by atoms with Gasteiger partial charge in [-0.15, -0.1) is 0 Å². The first-order chi connectivity index (χ1) is 10.9. The van der Waals surface area contributed by atoms with E-state index in [0.29, 0.717) is 5.92 Å². The summed E-state index contributed by atoms with van der Waals surface area (Å²) in [6.07, 6.45) is 11.5. The Morgan fingerprint density at radius 2 is 1.52 bits per heavy atom. The van der Waals surface area contributed by atoms with Gasteiger partial charge >= 0.3 is 16.4 Å². The van der Waals surface area contributed by atoms with Crippen molar-refractivity contribution in [2.75, 3.05) is 13.2 Å². The van der Waals surface area contributed by atoms with Gasteiger partial charge in [-0.2, -0.15) is 8.42 Å². The van der Waals surface area contributed by atoms with Crippen LogP contribution in [0.1, 0.15) is 78.1 Å². The molecule has 0 rings (SSSR count). The number of hydrogen-bond donors (Lipinski definition) is 1. The lowest BCUT2D eigenvalue weighted by Crippen LogP contribution is -2.20.